The molecule has 7 nitrogen and oxygen atoms in total. The molecule has 2 heterocycles. The maximum Gasteiger partial charge on any atom is 0.458 e. The normalized spacial score (nSPS) is 11.0. The Hall–Kier alpha value is -3.42. The van der Waals surface area contributed by atoms with Gasteiger partial charge in [-0.15, -0.1) is 0 Å². The molecule has 0 aliphatic carbocycles. The number of aliphatic hydroxyl groups is 1. The molecule has 0 saturated carbocycles. The van der Waals surface area contributed by atoms with Gasteiger partial charge in [0, 0.05) is 17.7 Å². The summed E-state index contributed by atoms with van der Waals surface area (Å²) in [5.41, 5.74) is 4.19. The fraction of sp³-hybridized carbons (Fsp3) is 0.0952. The fourth-order valence-corrected chi connectivity index (χ4v) is 3.29. The molecular weight excluding hydrogens is 394 g/mol. The van der Waals surface area contributed by atoms with E-state index < -0.39 is 5.97 Å². The number of halogens is 1. The number of carbonyl (C=O) groups is 1. The van der Waals surface area contributed by atoms with Crippen LogP contribution in [0.4, 0.5) is 0 Å². The molecule has 29 heavy (non-hydrogen) atoms. The SMILES string of the molecule is Cc1ccc(Oc2[nH]c3cc(Cl)c(-c4cccc(CO)n4)cc3[nH+]2)cc1C(=O)O. The van der Waals surface area contributed by atoms with E-state index in [1.807, 2.05) is 12.1 Å². The number of carboxylic acid groups (broad SMARTS) is 1. The Morgan fingerprint density at radius 1 is 1.24 bits per heavy atom. The van der Waals surface area contributed by atoms with Crippen molar-refractivity contribution in [1.29, 1.82) is 0 Å². The zero-order valence-corrected chi connectivity index (χ0v) is 16.1. The van der Waals surface area contributed by atoms with Gasteiger partial charge in [0.2, 0.25) is 0 Å². The lowest BCUT2D eigenvalue weighted by molar-refractivity contribution is -0.359. The molecular formula is C21H17ClN3O4+. The van der Waals surface area contributed by atoms with Crippen LogP contribution in [0.15, 0.2) is 48.5 Å². The van der Waals surface area contributed by atoms with E-state index in [4.69, 9.17) is 16.3 Å². The Balaban J connectivity index is 1.70. The van der Waals surface area contributed by atoms with Crippen LogP contribution in [-0.4, -0.2) is 26.2 Å². The number of ether oxygens (including phenoxy) is 1. The van der Waals surface area contributed by atoms with Gasteiger partial charge in [-0.1, -0.05) is 23.7 Å². The molecule has 2 aromatic carbocycles. The molecule has 0 saturated heterocycles. The van der Waals surface area contributed by atoms with Crippen LogP contribution in [0, 0.1) is 6.92 Å². The van der Waals surface area contributed by atoms with Crippen LogP contribution < -0.4 is 9.72 Å². The monoisotopic (exact) mass is 410 g/mol. The molecule has 4 aromatic rings. The maximum absolute atomic E-state index is 11.3. The van der Waals surface area contributed by atoms with Gasteiger partial charge in [-0.3, -0.25) is 4.98 Å². The van der Waals surface area contributed by atoms with Gasteiger partial charge >= 0.3 is 12.0 Å². The minimum absolute atomic E-state index is 0.156. The van der Waals surface area contributed by atoms with Crippen LogP contribution in [0.2, 0.25) is 5.02 Å². The lowest BCUT2D eigenvalue weighted by atomic mass is 10.1. The van der Waals surface area contributed by atoms with Gasteiger partial charge < -0.3 is 14.9 Å². The smallest absolute Gasteiger partial charge is 0.458 e. The summed E-state index contributed by atoms with van der Waals surface area (Å²) in [6.45, 7) is 1.57. The first-order chi connectivity index (χ1) is 13.9. The van der Waals surface area contributed by atoms with E-state index in [0.29, 0.717) is 39.3 Å². The van der Waals surface area contributed by atoms with E-state index in [-0.39, 0.29) is 12.2 Å². The van der Waals surface area contributed by atoms with E-state index >= 15 is 0 Å². The number of aromatic carboxylic acids is 1. The van der Waals surface area contributed by atoms with Crippen LogP contribution in [0.5, 0.6) is 11.8 Å². The molecule has 0 unspecified atom stereocenters. The molecule has 0 amide bonds. The Labute approximate surface area is 170 Å². The summed E-state index contributed by atoms with van der Waals surface area (Å²) < 4.78 is 5.76. The van der Waals surface area contributed by atoms with Gasteiger partial charge in [0.1, 0.15) is 5.75 Å². The summed E-state index contributed by atoms with van der Waals surface area (Å²) in [6, 6.07) is 14.1. The highest BCUT2D eigenvalue weighted by Crippen LogP contribution is 2.31. The molecule has 4 N–H and O–H groups in total. The van der Waals surface area contributed by atoms with Gasteiger partial charge in [0.05, 0.1) is 28.6 Å². The van der Waals surface area contributed by atoms with Crippen molar-refractivity contribution in [1.82, 2.24) is 9.97 Å². The largest absolute Gasteiger partial charge is 0.478 e. The highest BCUT2D eigenvalue weighted by Gasteiger charge is 2.17. The number of fused-ring (bicyclic) bond motifs is 1. The molecule has 146 valence electrons. The summed E-state index contributed by atoms with van der Waals surface area (Å²) in [7, 11) is 0. The van der Waals surface area contributed by atoms with E-state index in [1.54, 1.807) is 37.3 Å². The molecule has 0 aliphatic rings. The lowest BCUT2D eigenvalue weighted by Gasteiger charge is -2.04. The second-order valence-electron chi connectivity index (χ2n) is 6.51. The van der Waals surface area contributed by atoms with Crippen molar-refractivity contribution in [3.05, 3.63) is 70.4 Å². The van der Waals surface area contributed by atoms with Crippen LogP contribution >= 0.6 is 11.6 Å². The average molecular weight is 411 g/mol. The number of nitrogens with zero attached hydrogens (tertiary/aromatic N) is 1. The number of hydrogen-bond acceptors (Lipinski definition) is 4. The number of benzene rings is 2. The number of carboxylic acids is 1. The molecule has 4 rings (SSSR count). The zero-order valence-electron chi connectivity index (χ0n) is 15.4. The summed E-state index contributed by atoms with van der Waals surface area (Å²) in [5.74, 6) is -0.623. The molecule has 0 aliphatic heterocycles. The van der Waals surface area contributed by atoms with E-state index in [9.17, 15) is 15.0 Å². The van der Waals surface area contributed by atoms with Crippen molar-refractivity contribution in [2.75, 3.05) is 0 Å². The minimum atomic E-state index is -1.01. The van der Waals surface area contributed by atoms with Crippen molar-refractivity contribution >= 4 is 28.6 Å². The van der Waals surface area contributed by atoms with E-state index in [0.717, 1.165) is 11.0 Å². The number of nitrogens with one attached hydrogen (secondary N) is 2. The highest BCUT2D eigenvalue weighted by molar-refractivity contribution is 6.34. The van der Waals surface area contributed by atoms with Gasteiger partial charge in [-0.05, 0) is 36.8 Å². The third-order valence-corrected chi connectivity index (χ3v) is 4.82. The fourth-order valence-electron chi connectivity index (χ4n) is 3.03. The summed E-state index contributed by atoms with van der Waals surface area (Å²) >= 11 is 6.43. The third kappa shape index (κ3) is 3.78. The maximum atomic E-state index is 11.3. The van der Waals surface area contributed by atoms with Crippen molar-refractivity contribution in [3.8, 4) is 23.0 Å². The Morgan fingerprint density at radius 2 is 2.07 bits per heavy atom. The second-order valence-corrected chi connectivity index (χ2v) is 6.92. The molecule has 0 bridgehead atoms. The summed E-state index contributed by atoms with van der Waals surface area (Å²) in [4.78, 5) is 21.9. The highest BCUT2D eigenvalue weighted by atomic mass is 35.5. The lowest BCUT2D eigenvalue weighted by Crippen LogP contribution is -2.04. The number of rotatable bonds is 5. The number of pyridine rings is 1. The number of hydrogen-bond donors (Lipinski definition) is 3. The second kappa shape index (κ2) is 7.54. The molecule has 8 heteroatoms. The van der Waals surface area contributed by atoms with Crippen molar-refractivity contribution in [3.63, 3.8) is 0 Å². The third-order valence-electron chi connectivity index (χ3n) is 4.51. The van der Waals surface area contributed by atoms with Gasteiger partial charge in [0.25, 0.3) is 0 Å². The van der Waals surface area contributed by atoms with Crippen LogP contribution in [0.25, 0.3) is 22.3 Å². The van der Waals surface area contributed by atoms with Gasteiger partial charge in [-0.25, -0.2) is 14.8 Å². The Kier molecular flexibility index (Phi) is 4.92. The van der Waals surface area contributed by atoms with Crippen LogP contribution in [0.3, 0.4) is 0 Å². The summed E-state index contributed by atoms with van der Waals surface area (Å²) in [5, 5.41) is 19.1. The van der Waals surface area contributed by atoms with Gasteiger partial charge in [0.15, 0.2) is 11.0 Å². The van der Waals surface area contributed by atoms with Gasteiger partial charge in [-0.2, -0.15) is 0 Å². The Morgan fingerprint density at radius 3 is 2.83 bits per heavy atom. The Bertz CT molecular complexity index is 1240. The number of aromatic amines is 2. The first-order valence-electron chi connectivity index (χ1n) is 8.78. The summed E-state index contributed by atoms with van der Waals surface area (Å²) in [6.07, 6.45) is 0. The number of aromatic nitrogens is 3. The zero-order chi connectivity index (χ0) is 20.5. The first kappa shape index (κ1) is 18.9. The number of aryl methyl sites for hydroxylation is 1. The predicted molar refractivity (Wildman–Crippen MR) is 107 cm³/mol. The van der Waals surface area contributed by atoms with Crippen LogP contribution in [0.1, 0.15) is 21.6 Å². The predicted octanol–water partition coefficient (Wildman–Crippen LogP) is 3.99. The first-order valence-corrected chi connectivity index (χ1v) is 9.16. The molecule has 2 aromatic heterocycles. The molecule has 0 atom stereocenters. The molecule has 0 spiro atoms. The molecule has 0 radical (unpaired) electrons. The quantitative estimate of drug-likeness (QED) is 0.461. The van der Waals surface area contributed by atoms with Crippen molar-refractivity contribution < 1.29 is 24.7 Å². The molecule has 0 fully saturated rings. The van der Waals surface area contributed by atoms with Crippen molar-refractivity contribution in [2.45, 2.75) is 13.5 Å². The number of aliphatic hydroxyl groups excluding tert-OH is 1. The van der Waals surface area contributed by atoms with Crippen LogP contribution in [-0.2, 0) is 6.61 Å². The van der Waals surface area contributed by atoms with Crippen molar-refractivity contribution in [2.24, 2.45) is 0 Å². The standard InChI is InChI=1S/C21H16ClN3O4/c1-11-5-6-13(7-14(11)20(27)28)29-21-24-18-8-15(16(22)9-19(18)25-21)17-4-2-3-12(10-26)23-17/h2-9,26H,10H2,1H3,(H,24,25)(H,27,28)/p+1. The van der Waals surface area contributed by atoms with E-state index in [2.05, 4.69) is 15.0 Å². The number of H-pyrrole nitrogens is 2. The minimum Gasteiger partial charge on any atom is -0.478 e. The van der Waals surface area contributed by atoms with E-state index in [1.165, 1.54) is 6.07 Å². The topological polar surface area (TPSA) is 110 Å². The average Bonchev–Trinajstić information content (AvgIpc) is 3.09. The number of imidazole rings is 1.